The minimum absolute atomic E-state index is 0.0610. The molecule has 6 aliphatic heterocycles. The SMILES string of the molecule is CC1(S(=O)(=O)NC(=O)[C@@]23C[C@H]2/C=C\CCCCC[C@@H]2CC(=O)O[C@]4(C)C[C@H]4CCCCCc4nc5ccccc5nc4O[C@@H]4C[C@@H](C(=O)N3)N(C4)C2=O)CC1.C[C@@]12C[C@H]1CCCCCc1nc3ccccc3nc1O[C@@H]1C[C@H]3C(=O)N[C@]4(C(=O)NS(=O)(=O)C5CC5)C[C@H]4/C=C\CCCCC[C@H](CC(=O)O2)C(=O)N3C1. The van der Waals surface area contributed by atoms with Crippen LogP contribution in [0.3, 0.4) is 0 Å². The lowest BCUT2D eigenvalue weighted by Crippen LogP contribution is -2.57. The van der Waals surface area contributed by atoms with E-state index in [4.69, 9.17) is 38.9 Å². The fraction of sp³-hybridized carbons (Fsp3) is 0.654. The number of aryl methyl sites for hydroxylation is 2. The van der Waals surface area contributed by atoms with Crippen molar-refractivity contribution in [1.82, 2.24) is 49.8 Å². The Morgan fingerprint density at radius 2 is 0.917 bits per heavy atom. The summed E-state index contributed by atoms with van der Waals surface area (Å²) in [4.78, 5) is 136. The smallest absolute Gasteiger partial charge is 0.307 e. The highest BCUT2D eigenvalue weighted by Crippen LogP contribution is 2.53. The van der Waals surface area contributed by atoms with Crippen molar-refractivity contribution in [3.63, 3.8) is 0 Å². The average Bonchev–Trinajstić information content (AvgIpc) is 1.58. The monoisotopic (exact) mass is 1540 g/mol. The van der Waals surface area contributed by atoms with Gasteiger partial charge in [-0.25, -0.2) is 36.8 Å². The van der Waals surface area contributed by atoms with Gasteiger partial charge in [-0.15, -0.1) is 0 Å². The van der Waals surface area contributed by atoms with Crippen molar-refractivity contribution in [3.8, 4) is 11.8 Å². The molecule has 0 radical (unpaired) electrons. The Hall–Kier alpha value is -8.14. The van der Waals surface area contributed by atoms with E-state index >= 15 is 0 Å². The Morgan fingerprint density at radius 3 is 1.35 bits per heavy atom. The number of fused-ring (bicyclic) bond motifs is 12. The molecule has 6 aliphatic carbocycles. The van der Waals surface area contributed by atoms with Crippen LogP contribution in [0.5, 0.6) is 11.8 Å². The van der Waals surface area contributed by atoms with Gasteiger partial charge in [0.1, 0.15) is 58.0 Å². The van der Waals surface area contributed by atoms with Crippen LogP contribution in [0.1, 0.15) is 225 Å². The molecule has 28 heteroatoms. The zero-order chi connectivity index (χ0) is 76.3. The number of ether oxygens (including phenoxy) is 4. The molecule has 0 unspecified atom stereocenters. The molecule has 586 valence electrons. The number of esters is 2. The van der Waals surface area contributed by atoms with Crippen molar-refractivity contribution < 1.29 is 74.1 Å². The summed E-state index contributed by atoms with van der Waals surface area (Å²) in [7, 11) is -7.84. The van der Waals surface area contributed by atoms with Crippen LogP contribution >= 0.6 is 0 Å². The van der Waals surface area contributed by atoms with E-state index in [9.17, 15) is 55.2 Å². The zero-order valence-corrected chi connectivity index (χ0v) is 64.5. The van der Waals surface area contributed by atoms with Crippen molar-refractivity contribution in [2.24, 2.45) is 35.5 Å². The van der Waals surface area contributed by atoms with Crippen LogP contribution in [0.4, 0.5) is 0 Å². The normalized spacial score (nSPS) is 34.4. The van der Waals surface area contributed by atoms with Gasteiger partial charge in [-0.2, -0.15) is 0 Å². The number of nitrogens with zero attached hydrogens (tertiary/aromatic N) is 6. The number of hydrogen-bond donors (Lipinski definition) is 4. The van der Waals surface area contributed by atoms with Gasteiger partial charge >= 0.3 is 11.9 Å². The number of sulfonamides is 2. The summed E-state index contributed by atoms with van der Waals surface area (Å²) in [5.74, 6) is -5.08. The Bertz CT molecular complexity index is 4550. The van der Waals surface area contributed by atoms with Gasteiger partial charge in [0.05, 0.1) is 58.0 Å². The van der Waals surface area contributed by atoms with Gasteiger partial charge in [0.25, 0.3) is 11.8 Å². The number of aromatic nitrogens is 4. The Labute approximate surface area is 637 Å². The lowest BCUT2D eigenvalue weighted by molar-refractivity contribution is -0.156. The molecule has 4 N–H and O–H groups in total. The van der Waals surface area contributed by atoms with E-state index in [0.717, 1.165) is 125 Å². The van der Waals surface area contributed by atoms with Crippen LogP contribution in [0.15, 0.2) is 72.8 Å². The molecule has 6 amide bonds. The molecule has 8 fully saturated rings. The molecule has 16 rings (SSSR count). The molecule has 2 aromatic heterocycles. The maximum Gasteiger partial charge on any atom is 0.307 e. The van der Waals surface area contributed by atoms with Gasteiger partial charge < -0.3 is 39.4 Å². The number of allylic oxidation sites excluding steroid dienone is 2. The van der Waals surface area contributed by atoms with Crippen LogP contribution in [-0.2, 0) is 80.7 Å². The summed E-state index contributed by atoms with van der Waals surface area (Å²) in [6, 6.07) is 13.1. The summed E-state index contributed by atoms with van der Waals surface area (Å²) in [6.45, 7) is 5.69. The quantitative estimate of drug-likeness (QED) is 0.103. The van der Waals surface area contributed by atoms with Gasteiger partial charge in [0.15, 0.2) is 0 Å². The molecular formula is C81H104N10O16S2. The van der Waals surface area contributed by atoms with Gasteiger partial charge in [0.2, 0.25) is 55.4 Å². The number of para-hydroxylation sites is 4. The number of carbonyl (C=O) groups excluding carboxylic acids is 8. The maximum absolute atomic E-state index is 14.7. The number of rotatable bonds is 6. The minimum atomic E-state index is -3.97. The number of nitrogens with one attached hydrogen (secondary N) is 4. The predicted octanol–water partition coefficient (Wildman–Crippen LogP) is 9.24. The van der Waals surface area contributed by atoms with E-state index < -0.39 is 136 Å². The number of amides is 6. The first-order chi connectivity index (χ1) is 52.2. The third kappa shape index (κ3) is 16.8. The van der Waals surface area contributed by atoms with E-state index in [-0.39, 0.29) is 75.3 Å². The molecule has 14 atom stereocenters. The first-order valence-corrected chi connectivity index (χ1v) is 43.3. The zero-order valence-electron chi connectivity index (χ0n) is 62.9. The fourth-order valence-electron chi connectivity index (χ4n) is 17.6. The van der Waals surface area contributed by atoms with E-state index in [2.05, 4.69) is 20.1 Å². The summed E-state index contributed by atoms with van der Waals surface area (Å²) in [5.41, 5.74) is 0.281. The lowest BCUT2D eigenvalue weighted by Gasteiger charge is -2.29. The van der Waals surface area contributed by atoms with Crippen LogP contribution in [0.25, 0.3) is 22.1 Å². The molecule has 4 aromatic rings. The van der Waals surface area contributed by atoms with Crippen LogP contribution in [0.2, 0.25) is 0 Å². The molecule has 109 heavy (non-hydrogen) atoms. The number of hydrogen-bond acceptors (Lipinski definition) is 20. The summed E-state index contributed by atoms with van der Waals surface area (Å²) in [5, 5.41) is 5.26. The van der Waals surface area contributed by atoms with Crippen molar-refractivity contribution in [2.75, 3.05) is 13.1 Å². The van der Waals surface area contributed by atoms with E-state index in [1.54, 1.807) is 6.92 Å². The molecule has 12 aliphatic rings. The van der Waals surface area contributed by atoms with Crippen LogP contribution < -0.4 is 29.6 Å². The largest absolute Gasteiger partial charge is 0.471 e. The van der Waals surface area contributed by atoms with E-state index in [1.165, 1.54) is 9.80 Å². The third-order valence-electron chi connectivity index (χ3n) is 25.5. The van der Waals surface area contributed by atoms with E-state index in [0.29, 0.717) is 87.0 Å². The van der Waals surface area contributed by atoms with Crippen molar-refractivity contribution in [1.29, 1.82) is 0 Å². The first kappa shape index (κ1) is 76.2. The average molecular weight is 1540 g/mol. The lowest BCUT2D eigenvalue weighted by atomic mass is 9.95. The molecule has 2 saturated heterocycles. The summed E-state index contributed by atoms with van der Waals surface area (Å²) < 4.78 is 80.9. The summed E-state index contributed by atoms with van der Waals surface area (Å²) in [6.07, 6.45) is 26.5. The Morgan fingerprint density at radius 1 is 0.505 bits per heavy atom. The van der Waals surface area contributed by atoms with Crippen molar-refractivity contribution >= 4 is 89.5 Å². The molecule has 6 saturated carbocycles. The van der Waals surface area contributed by atoms with Crippen molar-refractivity contribution in [2.45, 2.75) is 283 Å². The molecule has 26 nitrogen and oxygen atoms in total. The molecule has 0 spiro atoms. The number of carbonyl (C=O) groups is 8. The fourth-order valence-corrected chi connectivity index (χ4v) is 20.3. The highest BCUT2D eigenvalue weighted by Gasteiger charge is 2.65. The third-order valence-corrected chi connectivity index (χ3v) is 29.4. The standard InChI is InChI=1S/C41H53N5O8S.C40H51N5O8S/c1-39(19-20-39)55(51,52)45-38(50)41-24-28(41)15-8-5-3-4-7-13-26-21-34(47)54-40(2)23-27(40)14-9-6-10-18-32-36(43-31-17-12-11-16-30(31)42-32)53-29-22-33(35(48)44-41)46(25-29)37(26)49;1-39-22-26(39)13-8-5-9-17-32-36(42-31-16-11-10-15-30(31)41-32)52-28-21-33-35(47)43-40(38(49)44-54(50,51)29-18-19-29)23-27(40)14-7-4-2-3-6-12-25(20-34(46)53-39)37(48)45(33)24-28/h8,11-12,15-17,26-29,33H,3-7,9-10,13-14,18-25H2,1-2H3,(H,44,48)(H,45,50);7,10-11,14-16,25-29,33H,2-6,8-9,12-13,17-24H2,1H3,(H,43,47)(H,44,49)/b15-8-;14-7-/t26-,27-,28-,29-,33+,40-,41-;25-,26-,27-,28-,33+,39-,40-/m11/s1. The Balaban J connectivity index is 0.000000174. The number of benzene rings is 2. The second kappa shape index (κ2) is 30.5. The topological polar surface area (TPSA) is 348 Å². The molecule has 2 aromatic carbocycles. The molecule has 8 heterocycles. The van der Waals surface area contributed by atoms with E-state index in [1.807, 2.05) is 86.7 Å². The van der Waals surface area contributed by atoms with Gasteiger partial charge in [-0.1, -0.05) is 99.9 Å². The highest BCUT2D eigenvalue weighted by atomic mass is 32.2. The summed E-state index contributed by atoms with van der Waals surface area (Å²) >= 11 is 0. The van der Waals surface area contributed by atoms with Gasteiger partial charge in [-0.3, -0.25) is 47.8 Å². The van der Waals surface area contributed by atoms with Crippen molar-refractivity contribution in [3.05, 3.63) is 84.2 Å². The second-order valence-electron chi connectivity index (χ2n) is 34.0. The van der Waals surface area contributed by atoms with Crippen LogP contribution in [0, 0.1) is 35.5 Å². The van der Waals surface area contributed by atoms with Gasteiger partial charge in [-0.05, 0) is 173 Å². The highest BCUT2D eigenvalue weighted by molar-refractivity contribution is 7.91. The maximum atomic E-state index is 14.7. The van der Waals surface area contributed by atoms with Crippen LogP contribution in [-0.4, -0.2) is 164 Å². The Kier molecular flexibility index (Phi) is 21.3. The molecule has 6 bridgehead atoms. The second-order valence-corrected chi connectivity index (χ2v) is 38.2. The van der Waals surface area contributed by atoms with Gasteiger partial charge in [0, 0.05) is 48.3 Å². The minimum Gasteiger partial charge on any atom is -0.471 e. The molecular weight excluding hydrogens is 1430 g/mol. The predicted molar refractivity (Wildman–Crippen MR) is 401 cm³/mol. The first-order valence-electron chi connectivity index (χ1n) is 40.2.